The molecular weight excluding hydrogens is 913 g/mol. The molecule has 0 aliphatic rings. The first kappa shape index (κ1) is 71.4. The van der Waals surface area contributed by atoms with Gasteiger partial charge in [0, 0.05) is 19.3 Å². The van der Waals surface area contributed by atoms with E-state index in [1.54, 1.807) is 0 Å². The first-order chi connectivity index (χ1) is 36.5. The number of unbranched alkanes of at least 4 members (excludes halogenated alkanes) is 41. The van der Waals surface area contributed by atoms with Gasteiger partial charge in [-0.3, -0.25) is 14.4 Å². The van der Waals surface area contributed by atoms with Crippen molar-refractivity contribution in [2.75, 3.05) is 13.2 Å². The summed E-state index contributed by atoms with van der Waals surface area (Å²) in [4.78, 5) is 38.3. The maximum atomic E-state index is 12.9. The summed E-state index contributed by atoms with van der Waals surface area (Å²) >= 11 is 0. The van der Waals surface area contributed by atoms with Gasteiger partial charge in [0.1, 0.15) is 13.2 Å². The lowest BCUT2D eigenvalue weighted by Crippen LogP contribution is -2.30. The van der Waals surface area contributed by atoms with E-state index in [9.17, 15) is 14.4 Å². The lowest BCUT2D eigenvalue weighted by molar-refractivity contribution is -0.167. The molecule has 6 nitrogen and oxygen atoms in total. The highest BCUT2D eigenvalue weighted by Crippen LogP contribution is 2.18. The van der Waals surface area contributed by atoms with Crippen LogP contribution in [0.4, 0.5) is 0 Å². The van der Waals surface area contributed by atoms with Gasteiger partial charge in [-0.25, -0.2) is 0 Å². The van der Waals surface area contributed by atoms with Crippen molar-refractivity contribution in [2.45, 2.75) is 354 Å². The molecule has 0 spiro atoms. The molecule has 1 atom stereocenters. The maximum Gasteiger partial charge on any atom is 0.306 e. The molecule has 0 fully saturated rings. The van der Waals surface area contributed by atoms with E-state index in [1.165, 1.54) is 225 Å². The predicted octanol–water partition coefficient (Wildman–Crippen LogP) is 22.2. The SMILES string of the molecule is CC/C=C\C/C=C\C/C=C\CCCCCC(=O)OCC(COC(=O)CCCCCCCCCCCCCCCCCCCCCCCCCC)OC(=O)CCCCCCCCCCC/C=C\CCCCCCCC. The van der Waals surface area contributed by atoms with Gasteiger partial charge in [0.25, 0.3) is 0 Å². The summed E-state index contributed by atoms with van der Waals surface area (Å²) in [6.07, 6.45) is 78.5. The van der Waals surface area contributed by atoms with Crippen LogP contribution in [0.25, 0.3) is 0 Å². The highest BCUT2D eigenvalue weighted by atomic mass is 16.6. The number of hydrogen-bond donors (Lipinski definition) is 0. The van der Waals surface area contributed by atoms with E-state index in [0.29, 0.717) is 19.3 Å². The van der Waals surface area contributed by atoms with Crippen molar-refractivity contribution in [1.29, 1.82) is 0 Å². The van der Waals surface area contributed by atoms with Crippen molar-refractivity contribution >= 4 is 17.9 Å². The smallest absolute Gasteiger partial charge is 0.306 e. The normalized spacial score (nSPS) is 12.3. The summed E-state index contributed by atoms with van der Waals surface area (Å²) in [5.74, 6) is -0.892. The van der Waals surface area contributed by atoms with Crippen LogP contribution in [0.15, 0.2) is 48.6 Å². The van der Waals surface area contributed by atoms with Gasteiger partial charge in [0.15, 0.2) is 6.10 Å². The van der Waals surface area contributed by atoms with Crippen LogP contribution in [0.5, 0.6) is 0 Å². The van der Waals surface area contributed by atoms with Gasteiger partial charge in [0.2, 0.25) is 0 Å². The number of carbonyl (C=O) groups excluding carboxylic acids is 3. The fourth-order valence-corrected chi connectivity index (χ4v) is 9.69. The standard InChI is InChI=1S/C68H124O6/c1-4-7-10-13-16-19-22-25-27-29-31-32-33-34-35-37-38-40-43-46-49-52-55-58-61-67(70)73-64-65(63-72-66(69)60-57-54-51-48-45-42-24-21-18-15-12-9-6-3)74-68(71)62-59-56-53-50-47-44-41-39-36-30-28-26-23-20-17-14-11-8-5-2/h9,12,18,21,26,28,42,45,65H,4-8,10-11,13-17,19-20,22-25,27,29-41,43-44,46-64H2,1-3H3/b12-9-,21-18-,28-26-,45-42-. The van der Waals surface area contributed by atoms with Crippen molar-refractivity contribution < 1.29 is 28.6 Å². The van der Waals surface area contributed by atoms with E-state index in [4.69, 9.17) is 14.2 Å². The first-order valence-corrected chi connectivity index (χ1v) is 32.6. The lowest BCUT2D eigenvalue weighted by atomic mass is 10.0. The summed E-state index contributed by atoms with van der Waals surface area (Å²) in [6.45, 7) is 6.55. The molecule has 0 rings (SSSR count). The van der Waals surface area contributed by atoms with Gasteiger partial charge >= 0.3 is 17.9 Å². The molecule has 0 aromatic rings. The van der Waals surface area contributed by atoms with E-state index in [1.807, 2.05) is 0 Å². The summed E-state index contributed by atoms with van der Waals surface area (Å²) in [6, 6.07) is 0. The summed E-state index contributed by atoms with van der Waals surface area (Å²) in [7, 11) is 0. The average Bonchev–Trinajstić information content (AvgIpc) is 3.40. The maximum absolute atomic E-state index is 12.9. The minimum Gasteiger partial charge on any atom is -0.462 e. The minimum absolute atomic E-state index is 0.0797. The third-order valence-corrected chi connectivity index (χ3v) is 14.6. The topological polar surface area (TPSA) is 78.9 Å². The Labute approximate surface area is 460 Å². The monoisotopic (exact) mass is 1040 g/mol. The molecule has 0 amide bonds. The molecule has 0 saturated heterocycles. The van der Waals surface area contributed by atoms with Gasteiger partial charge in [-0.1, -0.05) is 301 Å². The van der Waals surface area contributed by atoms with Crippen LogP contribution in [0.3, 0.4) is 0 Å². The lowest BCUT2D eigenvalue weighted by Gasteiger charge is -2.18. The Morgan fingerprint density at radius 2 is 0.527 bits per heavy atom. The number of allylic oxidation sites excluding steroid dienone is 8. The number of ether oxygens (including phenoxy) is 3. The third-order valence-electron chi connectivity index (χ3n) is 14.6. The second-order valence-corrected chi connectivity index (χ2v) is 22.0. The van der Waals surface area contributed by atoms with Crippen LogP contribution in [0.2, 0.25) is 0 Å². The average molecular weight is 1040 g/mol. The van der Waals surface area contributed by atoms with Gasteiger partial charge in [-0.2, -0.15) is 0 Å². The van der Waals surface area contributed by atoms with Crippen LogP contribution < -0.4 is 0 Å². The molecule has 0 heterocycles. The second kappa shape index (κ2) is 62.9. The molecule has 0 saturated carbocycles. The zero-order valence-corrected chi connectivity index (χ0v) is 49.6. The van der Waals surface area contributed by atoms with Crippen LogP contribution in [0.1, 0.15) is 348 Å². The van der Waals surface area contributed by atoms with Gasteiger partial charge < -0.3 is 14.2 Å². The van der Waals surface area contributed by atoms with Crippen molar-refractivity contribution in [1.82, 2.24) is 0 Å². The van der Waals surface area contributed by atoms with E-state index in [0.717, 1.165) is 83.5 Å². The molecule has 0 aliphatic carbocycles. The zero-order chi connectivity index (χ0) is 53.6. The molecule has 0 aromatic heterocycles. The molecule has 74 heavy (non-hydrogen) atoms. The number of rotatable bonds is 60. The molecule has 432 valence electrons. The highest BCUT2D eigenvalue weighted by Gasteiger charge is 2.19. The van der Waals surface area contributed by atoms with Crippen LogP contribution in [-0.4, -0.2) is 37.2 Å². The van der Waals surface area contributed by atoms with Gasteiger partial charge in [-0.05, 0) is 77.0 Å². The van der Waals surface area contributed by atoms with Crippen LogP contribution in [0, 0.1) is 0 Å². The number of carbonyl (C=O) groups is 3. The predicted molar refractivity (Wildman–Crippen MR) is 321 cm³/mol. The molecular formula is C68H124O6. The van der Waals surface area contributed by atoms with Crippen LogP contribution in [-0.2, 0) is 28.6 Å². The van der Waals surface area contributed by atoms with Crippen molar-refractivity contribution in [2.24, 2.45) is 0 Å². The van der Waals surface area contributed by atoms with Gasteiger partial charge in [0.05, 0.1) is 0 Å². The molecule has 6 heteroatoms. The quantitative estimate of drug-likeness (QED) is 0.0261. The van der Waals surface area contributed by atoms with Gasteiger partial charge in [-0.15, -0.1) is 0 Å². The van der Waals surface area contributed by atoms with Crippen molar-refractivity contribution in [3.8, 4) is 0 Å². The molecule has 0 bridgehead atoms. The van der Waals surface area contributed by atoms with E-state index in [2.05, 4.69) is 69.4 Å². The second-order valence-electron chi connectivity index (χ2n) is 22.0. The largest absolute Gasteiger partial charge is 0.462 e. The summed E-state index contributed by atoms with van der Waals surface area (Å²) < 4.78 is 16.9. The summed E-state index contributed by atoms with van der Waals surface area (Å²) in [5.41, 5.74) is 0. The molecule has 1 unspecified atom stereocenters. The van der Waals surface area contributed by atoms with E-state index < -0.39 is 6.10 Å². The Bertz CT molecular complexity index is 1280. The fraction of sp³-hybridized carbons (Fsp3) is 0.838. The highest BCUT2D eigenvalue weighted by molar-refractivity contribution is 5.71. The molecule has 0 aromatic carbocycles. The Hall–Kier alpha value is -2.63. The molecule has 0 N–H and O–H groups in total. The van der Waals surface area contributed by atoms with E-state index in [-0.39, 0.29) is 31.1 Å². The van der Waals surface area contributed by atoms with Crippen molar-refractivity contribution in [3.05, 3.63) is 48.6 Å². The molecule has 0 radical (unpaired) electrons. The first-order valence-electron chi connectivity index (χ1n) is 32.6. The fourth-order valence-electron chi connectivity index (χ4n) is 9.69. The Kier molecular flexibility index (Phi) is 60.7. The summed E-state index contributed by atoms with van der Waals surface area (Å²) in [5, 5.41) is 0. The Morgan fingerprint density at radius 1 is 0.284 bits per heavy atom. The third kappa shape index (κ3) is 60.2. The number of hydrogen-bond acceptors (Lipinski definition) is 6. The number of esters is 3. The Balaban J connectivity index is 4.27. The zero-order valence-electron chi connectivity index (χ0n) is 49.6. The Morgan fingerprint density at radius 3 is 0.851 bits per heavy atom. The molecule has 0 aliphatic heterocycles. The van der Waals surface area contributed by atoms with E-state index >= 15 is 0 Å². The van der Waals surface area contributed by atoms with Crippen LogP contribution >= 0.6 is 0 Å². The van der Waals surface area contributed by atoms with Crippen molar-refractivity contribution in [3.63, 3.8) is 0 Å². The minimum atomic E-state index is -0.785.